The van der Waals surface area contributed by atoms with E-state index in [1.807, 2.05) is 24.3 Å². The normalized spacial score (nSPS) is 16.6. The first-order chi connectivity index (χ1) is 9.72. The molecule has 1 aliphatic rings. The van der Waals surface area contributed by atoms with E-state index in [0.717, 1.165) is 24.0 Å². The SMILES string of the molecule is COCc1ccccc1CNC(=O)C1(C#N)CCCC1. The minimum atomic E-state index is -0.809. The molecule has 4 heteroatoms. The fourth-order valence-electron chi connectivity index (χ4n) is 2.74. The maximum absolute atomic E-state index is 12.3. The van der Waals surface area contributed by atoms with Gasteiger partial charge in [0.1, 0.15) is 5.41 Å². The number of hydrogen-bond acceptors (Lipinski definition) is 3. The predicted octanol–water partition coefficient (Wildman–Crippen LogP) is 2.53. The third-order valence-corrected chi connectivity index (χ3v) is 3.96. The molecule has 0 atom stereocenters. The molecule has 0 radical (unpaired) electrons. The molecule has 1 amide bonds. The lowest BCUT2D eigenvalue weighted by atomic mass is 9.87. The second kappa shape index (κ2) is 6.53. The summed E-state index contributed by atoms with van der Waals surface area (Å²) in [6, 6.07) is 10.1. The van der Waals surface area contributed by atoms with Gasteiger partial charge in [0.05, 0.1) is 12.7 Å². The zero-order chi connectivity index (χ0) is 14.4. The van der Waals surface area contributed by atoms with Crippen molar-refractivity contribution < 1.29 is 9.53 Å². The summed E-state index contributed by atoms with van der Waals surface area (Å²) in [6.07, 6.45) is 3.27. The molecule has 0 spiro atoms. The van der Waals surface area contributed by atoms with Crippen molar-refractivity contribution in [3.63, 3.8) is 0 Å². The van der Waals surface area contributed by atoms with Crippen molar-refractivity contribution in [2.45, 2.75) is 38.8 Å². The monoisotopic (exact) mass is 272 g/mol. The maximum Gasteiger partial charge on any atom is 0.240 e. The van der Waals surface area contributed by atoms with Crippen molar-refractivity contribution in [1.82, 2.24) is 5.32 Å². The first kappa shape index (κ1) is 14.5. The molecule has 0 saturated heterocycles. The summed E-state index contributed by atoms with van der Waals surface area (Å²) in [7, 11) is 1.65. The minimum absolute atomic E-state index is 0.135. The van der Waals surface area contributed by atoms with Crippen molar-refractivity contribution >= 4 is 5.91 Å². The molecule has 0 aliphatic heterocycles. The summed E-state index contributed by atoms with van der Waals surface area (Å²) in [4.78, 5) is 12.3. The van der Waals surface area contributed by atoms with E-state index in [-0.39, 0.29) is 5.91 Å². The maximum atomic E-state index is 12.3. The van der Waals surface area contributed by atoms with Crippen LogP contribution in [0, 0.1) is 16.7 Å². The lowest BCUT2D eigenvalue weighted by Gasteiger charge is -2.19. The number of nitrogens with one attached hydrogen (secondary N) is 1. The number of carbonyl (C=O) groups excluding carboxylic acids is 1. The number of methoxy groups -OCH3 is 1. The predicted molar refractivity (Wildman–Crippen MR) is 75.5 cm³/mol. The zero-order valence-electron chi connectivity index (χ0n) is 11.8. The van der Waals surface area contributed by atoms with Crippen LogP contribution in [0.15, 0.2) is 24.3 Å². The van der Waals surface area contributed by atoms with Crippen LogP contribution in [-0.4, -0.2) is 13.0 Å². The molecule has 4 nitrogen and oxygen atoms in total. The summed E-state index contributed by atoms with van der Waals surface area (Å²) in [6.45, 7) is 0.969. The van der Waals surface area contributed by atoms with Gasteiger partial charge in [0.25, 0.3) is 0 Å². The molecule has 0 unspecified atom stereocenters. The Morgan fingerprint density at radius 3 is 2.60 bits per heavy atom. The van der Waals surface area contributed by atoms with Gasteiger partial charge < -0.3 is 10.1 Å². The van der Waals surface area contributed by atoms with Gasteiger partial charge in [-0.05, 0) is 24.0 Å². The van der Waals surface area contributed by atoms with E-state index in [4.69, 9.17) is 4.74 Å². The van der Waals surface area contributed by atoms with Crippen molar-refractivity contribution in [1.29, 1.82) is 5.26 Å². The van der Waals surface area contributed by atoms with Crippen molar-refractivity contribution in [2.24, 2.45) is 5.41 Å². The zero-order valence-corrected chi connectivity index (χ0v) is 11.8. The first-order valence-electron chi connectivity index (χ1n) is 6.97. The molecule has 1 N–H and O–H groups in total. The van der Waals surface area contributed by atoms with Crippen molar-refractivity contribution in [2.75, 3.05) is 7.11 Å². The fraction of sp³-hybridized carbons (Fsp3) is 0.500. The number of benzene rings is 1. The quantitative estimate of drug-likeness (QED) is 0.896. The Labute approximate surface area is 119 Å². The van der Waals surface area contributed by atoms with Crippen LogP contribution in [0.25, 0.3) is 0 Å². The van der Waals surface area contributed by atoms with E-state index in [0.29, 0.717) is 26.0 Å². The third-order valence-electron chi connectivity index (χ3n) is 3.96. The van der Waals surface area contributed by atoms with Gasteiger partial charge in [-0.15, -0.1) is 0 Å². The second-order valence-corrected chi connectivity index (χ2v) is 5.29. The Morgan fingerprint density at radius 1 is 1.35 bits per heavy atom. The van der Waals surface area contributed by atoms with Gasteiger partial charge in [-0.2, -0.15) is 5.26 Å². The van der Waals surface area contributed by atoms with E-state index in [1.165, 1.54) is 0 Å². The molecule has 1 aromatic carbocycles. The molecule has 1 fully saturated rings. The molecule has 0 bridgehead atoms. The Hall–Kier alpha value is -1.86. The summed E-state index contributed by atoms with van der Waals surface area (Å²) < 4.78 is 5.15. The third kappa shape index (κ3) is 3.00. The summed E-state index contributed by atoms with van der Waals surface area (Å²) in [5.74, 6) is -0.135. The number of hydrogen-bond donors (Lipinski definition) is 1. The van der Waals surface area contributed by atoms with E-state index in [2.05, 4.69) is 11.4 Å². The molecule has 106 valence electrons. The molecule has 1 saturated carbocycles. The van der Waals surface area contributed by atoms with Gasteiger partial charge in [0.15, 0.2) is 0 Å². The number of nitriles is 1. The molecule has 2 rings (SSSR count). The minimum Gasteiger partial charge on any atom is -0.380 e. The van der Waals surface area contributed by atoms with E-state index >= 15 is 0 Å². The lowest BCUT2D eigenvalue weighted by Crippen LogP contribution is -2.38. The second-order valence-electron chi connectivity index (χ2n) is 5.29. The van der Waals surface area contributed by atoms with Crippen LogP contribution >= 0.6 is 0 Å². The Balaban J connectivity index is 2.02. The van der Waals surface area contributed by atoms with Crippen molar-refractivity contribution in [3.8, 4) is 6.07 Å². The van der Waals surface area contributed by atoms with E-state index < -0.39 is 5.41 Å². The van der Waals surface area contributed by atoms with Crippen LogP contribution in [0.5, 0.6) is 0 Å². The van der Waals surface area contributed by atoms with Gasteiger partial charge in [0, 0.05) is 13.7 Å². The standard InChI is InChI=1S/C16H20N2O2/c1-20-11-14-7-3-2-6-13(14)10-18-15(19)16(12-17)8-4-5-9-16/h2-3,6-7H,4-5,8-11H2,1H3,(H,18,19). The molecular weight excluding hydrogens is 252 g/mol. The molecule has 20 heavy (non-hydrogen) atoms. The Bertz CT molecular complexity index is 513. The largest absolute Gasteiger partial charge is 0.380 e. The molecular formula is C16H20N2O2. The highest BCUT2D eigenvalue weighted by Crippen LogP contribution is 2.37. The number of amides is 1. The van der Waals surface area contributed by atoms with Gasteiger partial charge in [-0.3, -0.25) is 4.79 Å². The number of carbonyl (C=O) groups is 1. The average molecular weight is 272 g/mol. The first-order valence-corrected chi connectivity index (χ1v) is 6.97. The van der Waals surface area contributed by atoms with Gasteiger partial charge in [-0.25, -0.2) is 0 Å². The van der Waals surface area contributed by atoms with Gasteiger partial charge >= 0.3 is 0 Å². The summed E-state index contributed by atoms with van der Waals surface area (Å²) >= 11 is 0. The highest BCUT2D eigenvalue weighted by Gasteiger charge is 2.41. The Morgan fingerprint density at radius 2 is 2.00 bits per heavy atom. The lowest BCUT2D eigenvalue weighted by molar-refractivity contribution is -0.128. The van der Waals surface area contributed by atoms with Crippen LogP contribution in [0.3, 0.4) is 0 Å². The van der Waals surface area contributed by atoms with Crippen LogP contribution in [0.2, 0.25) is 0 Å². The molecule has 1 aromatic rings. The van der Waals surface area contributed by atoms with Crippen LogP contribution < -0.4 is 5.32 Å². The Kier molecular flexibility index (Phi) is 4.75. The number of rotatable bonds is 5. The molecule has 0 aromatic heterocycles. The van der Waals surface area contributed by atoms with Crippen LogP contribution in [-0.2, 0) is 22.7 Å². The number of ether oxygens (including phenoxy) is 1. The van der Waals surface area contributed by atoms with Crippen LogP contribution in [0.4, 0.5) is 0 Å². The smallest absolute Gasteiger partial charge is 0.240 e. The van der Waals surface area contributed by atoms with E-state index in [1.54, 1.807) is 7.11 Å². The number of nitrogens with zero attached hydrogens (tertiary/aromatic N) is 1. The van der Waals surface area contributed by atoms with Crippen LogP contribution in [0.1, 0.15) is 36.8 Å². The average Bonchev–Trinajstić information content (AvgIpc) is 2.96. The van der Waals surface area contributed by atoms with Gasteiger partial charge in [0.2, 0.25) is 5.91 Å². The highest BCUT2D eigenvalue weighted by atomic mass is 16.5. The molecule has 0 heterocycles. The van der Waals surface area contributed by atoms with Crippen molar-refractivity contribution in [3.05, 3.63) is 35.4 Å². The van der Waals surface area contributed by atoms with Gasteiger partial charge in [-0.1, -0.05) is 37.1 Å². The highest BCUT2D eigenvalue weighted by molar-refractivity contribution is 5.85. The summed E-state index contributed by atoms with van der Waals surface area (Å²) in [5.41, 5.74) is 1.29. The van der Waals surface area contributed by atoms with E-state index in [9.17, 15) is 10.1 Å². The molecule has 1 aliphatic carbocycles. The summed E-state index contributed by atoms with van der Waals surface area (Å²) in [5, 5.41) is 12.2. The topological polar surface area (TPSA) is 62.1 Å². The fourth-order valence-corrected chi connectivity index (χ4v) is 2.74.